The number of carbonyl (C=O) groups excluding carboxylic acids is 1. The molecule has 0 bridgehead atoms. The highest BCUT2D eigenvalue weighted by Gasteiger charge is 2.17. The molecule has 0 aliphatic heterocycles. The summed E-state index contributed by atoms with van der Waals surface area (Å²) in [5.41, 5.74) is 5.04. The largest absolute Gasteiger partial charge is 0.349 e. The van der Waals surface area contributed by atoms with Crippen LogP contribution in [0.25, 0.3) is 11.4 Å². The van der Waals surface area contributed by atoms with Crippen LogP contribution in [0.4, 0.5) is 0 Å². The van der Waals surface area contributed by atoms with E-state index in [9.17, 15) is 4.79 Å². The molecule has 30 heavy (non-hydrogen) atoms. The van der Waals surface area contributed by atoms with E-state index in [-0.39, 0.29) is 11.9 Å². The molecule has 1 atom stereocenters. The third-order valence-corrected chi connectivity index (χ3v) is 6.52. The van der Waals surface area contributed by atoms with Crippen molar-refractivity contribution in [2.24, 2.45) is 0 Å². The number of pyridine rings is 1. The molecule has 6 nitrogen and oxygen atoms in total. The Morgan fingerprint density at radius 1 is 1.13 bits per heavy atom. The van der Waals surface area contributed by atoms with E-state index >= 15 is 0 Å². The Balaban J connectivity index is 1.37. The molecule has 1 aliphatic carbocycles. The third kappa shape index (κ3) is 4.56. The van der Waals surface area contributed by atoms with Gasteiger partial charge in [-0.3, -0.25) is 9.78 Å². The van der Waals surface area contributed by atoms with Crippen molar-refractivity contribution in [3.8, 4) is 11.4 Å². The Morgan fingerprint density at radius 2 is 1.90 bits per heavy atom. The highest BCUT2D eigenvalue weighted by molar-refractivity contribution is 7.99. The summed E-state index contributed by atoms with van der Waals surface area (Å²) in [6.07, 6.45) is 8.34. The van der Waals surface area contributed by atoms with Gasteiger partial charge in [-0.1, -0.05) is 30.0 Å². The van der Waals surface area contributed by atoms with Gasteiger partial charge in [-0.25, -0.2) is 0 Å². The van der Waals surface area contributed by atoms with E-state index < -0.39 is 0 Å². The van der Waals surface area contributed by atoms with Gasteiger partial charge < -0.3 is 9.88 Å². The fourth-order valence-electron chi connectivity index (χ4n) is 3.91. The summed E-state index contributed by atoms with van der Waals surface area (Å²) in [6, 6.07) is 10.5. The minimum atomic E-state index is -0.0123. The van der Waals surface area contributed by atoms with Gasteiger partial charge in [0.25, 0.3) is 0 Å². The molecule has 1 amide bonds. The second kappa shape index (κ2) is 9.43. The van der Waals surface area contributed by atoms with Gasteiger partial charge in [-0.05, 0) is 68.4 Å². The number of aryl methyl sites for hydroxylation is 2. The zero-order valence-electron chi connectivity index (χ0n) is 17.5. The van der Waals surface area contributed by atoms with Gasteiger partial charge in [-0.15, -0.1) is 10.2 Å². The van der Waals surface area contributed by atoms with Gasteiger partial charge in [0.1, 0.15) is 0 Å². The van der Waals surface area contributed by atoms with Crippen LogP contribution in [-0.2, 0) is 24.2 Å². The fourth-order valence-corrected chi connectivity index (χ4v) is 4.73. The van der Waals surface area contributed by atoms with Gasteiger partial charge >= 0.3 is 0 Å². The molecule has 0 radical (unpaired) electrons. The number of nitrogens with zero attached hydrogens (tertiary/aromatic N) is 4. The monoisotopic (exact) mass is 421 g/mol. The molecule has 2 aromatic heterocycles. The zero-order valence-corrected chi connectivity index (χ0v) is 18.3. The van der Waals surface area contributed by atoms with E-state index in [2.05, 4.69) is 45.6 Å². The van der Waals surface area contributed by atoms with Crippen molar-refractivity contribution in [3.05, 3.63) is 59.4 Å². The second-order valence-corrected chi connectivity index (χ2v) is 8.54. The first-order valence-corrected chi connectivity index (χ1v) is 11.5. The Labute approximate surface area is 181 Å². The number of thioether (sulfide) groups is 1. The quantitative estimate of drug-likeness (QED) is 0.579. The SMILES string of the molecule is CCn1c(SCC(=O)N[C@H](C)c2ccc3c(c2)CCCC3)nnc1-c1ccncc1. The summed E-state index contributed by atoms with van der Waals surface area (Å²) in [6.45, 7) is 4.83. The third-order valence-electron chi connectivity index (χ3n) is 5.55. The van der Waals surface area contributed by atoms with Crippen LogP contribution >= 0.6 is 11.8 Å². The van der Waals surface area contributed by atoms with Crippen molar-refractivity contribution in [2.45, 2.75) is 57.3 Å². The fraction of sp³-hybridized carbons (Fsp3) is 0.391. The van der Waals surface area contributed by atoms with Crippen LogP contribution in [0.2, 0.25) is 0 Å². The van der Waals surface area contributed by atoms with Gasteiger partial charge in [0.15, 0.2) is 11.0 Å². The standard InChI is InChI=1S/C23H27N5OS/c1-3-28-22(18-10-12-24-13-11-18)26-27-23(28)30-15-21(29)25-16(2)19-9-8-17-6-4-5-7-20(17)14-19/h8-14,16H,3-7,15H2,1-2H3,(H,25,29)/t16-/m1/s1. The van der Waals surface area contributed by atoms with E-state index in [0.717, 1.165) is 29.5 Å². The zero-order chi connectivity index (χ0) is 20.9. The predicted octanol–water partition coefficient (Wildman–Crippen LogP) is 4.21. The molecule has 2 heterocycles. The summed E-state index contributed by atoms with van der Waals surface area (Å²) in [4.78, 5) is 16.6. The van der Waals surface area contributed by atoms with E-state index in [4.69, 9.17) is 0 Å². The lowest BCUT2D eigenvalue weighted by atomic mass is 9.89. The number of hydrogen-bond acceptors (Lipinski definition) is 5. The van der Waals surface area contributed by atoms with Crippen LogP contribution in [0.3, 0.4) is 0 Å². The minimum Gasteiger partial charge on any atom is -0.349 e. The van der Waals surface area contributed by atoms with Crippen molar-refractivity contribution in [2.75, 3.05) is 5.75 Å². The molecular weight excluding hydrogens is 394 g/mol. The van der Waals surface area contributed by atoms with Crippen molar-refractivity contribution in [1.29, 1.82) is 0 Å². The number of fused-ring (bicyclic) bond motifs is 1. The summed E-state index contributed by atoms with van der Waals surface area (Å²) in [5, 5.41) is 12.5. The first kappa shape index (κ1) is 20.6. The van der Waals surface area contributed by atoms with Crippen LogP contribution in [-0.4, -0.2) is 31.4 Å². The van der Waals surface area contributed by atoms with E-state index in [0.29, 0.717) is 5.75 Å². The van der Waals surface area contributed by atoms with Crippen LogP contribution < -0.4 is 5.32 Å². The van der Waals surface area contributed by atoms with E-state index in [1.807, 2.05) is 23.6 Å². The molecule has 3 aromatic rings. The van der Waals surface area contributed by atoms with Crippen LogP contribution in [0.5, 0.6) is 0 Å². The molecule has 1 N–H and O–H groups in total. The molecule has 1 aliphatic rings. The molecule has 4 rings (SSSR count). The Hall–Kier alpha value is -2.67. The van der Waals surface area contributed by atoms with Gasteiger partial charge in [0.05, 0.1) is 11.8 Å². The van der Waals surface area contributed by atoms with E-state index in [1.54, 1.807) is 12.4 Å². The molecule has 156 valence electrons. The second-order valence-electron chi connectivity index (χ2n) is 7.60. The molecule has 0 unspecified atom stereocenters. The number of amides is 1. The summed E-state index contributed by atoms with van der Waals surface area (Å²) < 4.78 is 2.03. The molecule has 0 fully saturated rings. The highest BCUT2D eigenvalue weighted by atomic mass is 32.2. The summed E-state index contributed by atoms with van der Waals surface area (Å²) in [7, 11) is 0. The van der Waals surface area contributed by atoms with Crippen LogP contribution in [0.1, 0.15) is 49.4 Å². The van der Waals surface area contributed by atoms with E-state index in [1.165, 1.54) is 47.7 Å². The molecule has 1 aromatic carbocycles. The summed E-state index contributed by atoms with van der Waals surface area (Å²) in [5.74, 6) is 1.11. The first-order valence-electron chi connectivity index (χ1n) is 10.5. The number of benzene rings is 1. The maximum atomic E-state index is 12.6. The summed E-state index contributed by atoms with van der Waals surface area (Å²) >= 11 is 1.42. The minimum absolute atomic E-state index is 0.00124. The number of nitrogens with one attached hydrogen (secondary N) is 1. The predicted molar refractivity (Wildman–Crippen MR) is 119 cm³/mol. The van der Waals surface area contributed by atoms with Gasteiger partial charge in [-0.2, -0.15) is 0 Å². The number of carbonyl (C=O) groups is 1. The molecule has 0 spiro atoms. The molecule has 7 heteroatoms. The van der Waals surface area contributed by atoms with Crippen molar-refractivity contribution in [1.82, 2.24) is 25.1 Å². The lowest BCUT2D eigenvalue weighted by Crippen LogP contribution is -2.28. The van der Waals surface area contributed by atoms with Crippen molar-refractivity contribution in [3.63, 3.8) is 0 Å². The lowest BCUT2D eigenvalue weighted by molar-refractivity contribution is -0.119. The first-order chi connectivity index (χ1) is 14.7. The van der Waals surface area contributed by atoms with Crippen molar-refractivity contribution < 1.29 is 4.79 Å². The van der Waals surface area contributed by atoms with Crippen molar-refractivity contribution >= 4 is 17.7 Å². The number of hydrogen-bond donors (Lipinski definition) is 1. The van der Waals surface area contributed by atoms with Crippen LogP contribution in [0, 0.1) is 0 Å². The maximum absolute atomic E-state index is 12.6. The Morgan fingerprint density at radius 3 is 2.67 bits per heavy atom. The van der Waals surface area contributed by atoms with Crippen LogP contribution in [0.15, 0.2) is 47.9 Å². The average Bonchev–Trinajstić information content (AvgIpc) is 3.21. The average molecular weight is 422 g/mol. The van der Waals surface area contributed by atoms with Gasteiger partial charge in [0.2, 0.25) is 5.91 Å². The maximum Gasteiger partial charge on any atom is 0.230 e. The topological polar surface area (TPSA) is 72.7 Å². The molecular formula is C23H27N5OS. The highest BCUT2D eigenvalue weighted by Crippen LogP contribution is 2.26. The lowest BCUT2D eigenvalue weighted by Gasteiger charge is -2.20. The smallest absolute Gasteiger partial charge is 0.230 e. The number of aromatic nitrogens is 4. The normalized spacial score (nSPS) is 14.2. The molecule has 0 saturated heterocycles. The Bertz CT molecular complexity index is 1020. The Kier molecular flexibility index (Phi) is 6.47. The van der Waals surface area contributed by atoms with Gasteiger partial charge in [0, 0.05) is 24.5 Å². The molecule has 0 saturated carbocycles. The number of rotatable bonds is 7.